The number of carbonyl (C=O) groups excluding carboxylic acids is 1. The molecule has 0 radical (unpaired) electrons. The van der Waals surface area contributed by atoms with E-state index in [9.17, 15) is 9.18 Å². The quantitative estimate of drug-likeness (QED) is 0.644. The fourth-order valence-electron chi connectivity index (χ4n) is 2.24. The molecule has 3 aromatic rings. The summed E-state index contributed by atoms with van der Waals surface area (Å²) in [5, 5.41) is 10.6. The Hall–Kier alpha value is -2.67. The first-order valence-corrected chi connectivity index (χ1v) is 9.09. The largest absolute Gasteiger partial charge is 0.411 e. The Bertz CT molecular complexity index is 879. The lowest BCUT2D eigenvalue weighted by Crippen LogP contribution is -2.22. The number of anilines is 1. The second-order valence-electron chi connectivity index (χ2n) is 5.68. The van der Waals surface area contributed by atoms with Gasteiger partial charge >= 0.3 is 0 Å². The molecule has 1 amide bonds. The molecule has 0 unspecified atom stereocenters. The van der Waals surface area contributed by atoms with Crippen LogP contribution in [0.2, 0.25) is 0 Å². The van der Waals surface area contributed by atoms with Crippen molar-refractivity contribution in [2.75, 3.05) is 5.32 Å². The lowest BCUT2D eigenvalue weighted by atomic mass is 10.1. The van der Waals surface area contributed by atoms with Gasteiger partial charge in [-0.15, -0.1) is 10.2 Å². The number of nitrogens with zero attached hydrogens (tertiary/aromatic N) is 2. The highest BCUT2D eigenvalue weighted by atomic mass is 32.2. The molecule has 1 N–H and O–H groups in total. The summed E-state index contributed by atoms with van der Waals surface area (Å²) in [6.07, 6.45) is 0.952. The van der Waals surface area contributed by atoms with Crippen molar-refractivity contribution in [1.29, 1.82) is 0 Å². The summed E-state index contributed by atoms with van der Waals surface area (Å²) in [5.74, 6) is -0.198. The number of aromatic nitrogens is 2. The topological polar surface area (TPSA) is 68.0 Å². The van der Waals surface area contributed by atoms with Gasteiger partial charge in [0.05, 0.1) is 5.25 Å². The maximum absolute atomic E-state index is 13.0. The molecule has 7 heteroatoms. The molecule has 0 saturated heterocycles. The standard InChI is InChI=1S/C19H18FN3O2S/c1-3-13-4-10-16(11-5-13)21-17(24)12(2)26-19-23-22-18(25-19)14-6-8-15(20)9-7-14/h4-12H,3H2,1-2H3,(H,21,24)/t12-/m1/s1. The number of hydrogen-bond donors (Lipinski definition) is 1. The monoisotopic (exact) mass is 371 g/mol. The number of rotatable bonds is 6. The number of aryl methyl sites for hydroxylation is 1. The smallest absolute Gasteiger partial charge is 0.277 e. The van der Waals surface area contributed by atoms with E-state index in [1.54, 1.807) is 19.1 Å². The SMILES string of the molecule is CCc1ccc(NC(=O)[C@@H](C)Sc2nnc(-c3ccc(F)cc3)o2)cc1. The van der Waals surface area contributed by atoms with E-state index in [1.165, 1.54) is 29.5 Å². The van der Waals surface area contributed by atoms with Crippen LogP contribution in [0.5, 0.6) is 0 Å². The molecule has 1 atom stereocenters. The van der Waals surface area contributed by atoms with Gasteiger partial charge in [-0.1, -0.05) is 30.8 Å². The van der Waals surface area contributed by atoms with E-state index >= 15 is 0 Å². The van der Waals surface area contributed by atoms with Crippen LogP contribution >= 0.6 is 11.8 Å². The van der Waals surface area contributed by atoms with E-state index in [1.807, 2.05) is 24.3 Å². The second-order valence-corrected chi connectivity index (χ2v) is 6.97. The van der Waals surface area contributed by atoms with Gasteiger partial charge in [-0.3, -0.25) is 4.79 Å². The van der Waals surface area contributed by atoms with Crippen LogP contribution in [0, 0.1) is 5.82 Å². The molecule has 3 rings (SSSR count). The first-order valence-electron chi connectivity index (χ1n) is 8.21. The highest BCUT2D eigenvalue weighted by Crippen LogP contribution is 2.27. The molecule has 0 bridgehead atoms. The van der Waals surface area contributed by atoms with Crippen molar-refractivity contribution in [2.45, 2.75) is 30.7 Å². The molecule has 0 aliphatic rings. The molecule has 0 spiro atoms. The third-order valence-electron chi connectivity index (χ3n) is 3.77. The van der Waals surface area contributed by atoms with Gasteiger partial charge in [0.15, 0.2) is 0 Å². The highest BCUT2D eigenvalue weighted by Gasteiger charge is 2.19. The Morgan fingerprint density at radius 2 is 1.85 bits per heavy atom. The van der Waals surface area contributed by atoms with Crippen LogP contribution in [0.3, 0.4) is 0 Å². The minimum Gasteiger partial charge on any atom is -0.411 e. The maximum Gasteiger partial charge on any atom is 0.277 e. The first kappa shape index (κ1) is 18.1. The normalized spacial score (nSPS) is 12.0. The molecule has 5 nitrogen and oxygen atoms in total. The summed E-state index contributed by atoms with van der Waals surface area (Å²) >= 11 is 1.17. The Morgan fingerprint density at radius 3 is 2.50 bits per heavy atom. The van der Waals surface area contributed by atoms with Gasteiger partial charge < -0.3 is 9.73 Å². The Morgan fingerprint density at radius 1 is 1.15 bits per heavy atom. The average molecular weight is 371 g/mol. The number of benzene rings is 2. The zero-order valence-corrected chi connectivity index (χ0v) is 15.2. The zero-order chi connectivity index (χ0) is 18.5. The fraction of sp³-hybridized carbons (Fsp3) is 0.211. The number of halogens is 1. The molecular formula is C19H18FN3O2S. The highest BCUT2D eigenvalue weighted by molar-refractivity contribution is 8.00. The van der Waals surface area contributed by atoms with E-state index in [0.717, 1.165) is 12.1 Å². The van der Waals surface area contributed by atoms with Crippen molar-refractivity contribution < 1.29 is 13.6 Å². The van der Waals surface area contributed by atoms with Crippen molar-refractivity contribution in [3.63, 3.8) is 0 Å². The molecule has 1 aromatic heterocycles. The predicted octanol–water partition coefficient (Wildman–Crippen LogP) is 4.56. The third-order valence-corrected chi connectivity index (χ3v) is 4.71. The van der Waals surface area contributed by atoms with Crippen LogP contribution in [-0.4, -0.2) is 21.4 Å². The summed E-state index contributed by atoms with van der Waals surface area (Å²) in [6.45, 7) is 3.85. The summed E-state index contributed by atoms with van der Waals surface area (Å²) < 4.78 is 18.5. The van der Waals surface area contributed by atoms with Gasteiger partial charge in [-0.05, 0) is 55.3 Å². The van der Waals surface area contributed by atoms with Crippen LogP contribution in [0.15, 0.2) is 58.2 Å². The minimum absolute atomic E-state index is 0.152. The van der Waals surface area contributed by atoms with Crippen molar-refractivity contribution in [1.82, 2.24) is 10.2 Å². The van der Waals surface area contributed by atoms with Crippen molar-refractivity contribution in [3.8, 4) is 11.5 Å². The first-order chi connectivity index (χ1) is 12.5. The van der Waals surface area contributed by atoms with Gasteiger partial charge in [0.2, 0.25) is 11.8 Å². The van der Waals surface area contributed by atoms with Crippen LogP contribution in [0.1, 0.15) is 19.4 Å². The van der Waals surface area contributed by atoms with E-state index in [4.69, 9.17) is 4.42 Å². The third kappa shape index (κ3) is 4.49. The zero-order valence-electron chi connectivity index (χ0n) is 14.4. The molecule has 1 heterocycles. The lowest BCUT2D eigenvalue weighted by molar-refractivity contribution is -0.115. The summed E-state index contributed by atoms with van der Waals surface area (Å²) in [5.41, 5.74) is 2.58. The van der Waals surface area contributed by atoms with Crippen LogP contribution in [0.25, 0.3) is 11.5 Å². The lowest BCUT2D eigenvalue weighted by Gasteiger charge is -2.10. The number of amides is 1. The second kappa shape index (κ2) is 8.14. The van der Waals surface area contributed by atoms with Gasteiger partial charge in [-0.25, -0.2) is 4.39 Å². The van der Waals surface area contributed by atoms with Crippen molar-refractivity contribution in [2.24, 2.45) is 0 Å². The molecule has 2 aromatic carbocycles. The average Bonchev–Trinajstić information content (AvgIpc) is 3.11. The number of hydrogen-bond acceptors (Lipinski definition) is 5. The molecule has 0 saturated carbocycles. The number of nitrogens with one attached hydrogen (secondary N) is 1. The minimum atomic E-state index is -0.414. The molecule has 0 aliphatic carbocycles. The molecule has 0 aliphatic heterocycles. The van der Waals surface area contributed by atoms with E-state index in [-0.39, 0.29) is 22.8 Å². The van der Waals surface area contributed by atoms with Gasteiger partial charge in [-0.2, -0.15) is 0 Å². The molecular weight excluding hydrogens is 353 g/mol. The number of carbonyl (C=O) groups is 1. The Balaban J connectivity index is 1.61. The Labute approximate surface area is 155 Å². The molecule has 26 heavy (non-hydrogen) atoms. The summed E-state index contributed by atoms with van der Waals surface area (Å²) in [4.78, 5) is 12.3. The van der Waals surface area contributed by atoms with E-state index in [2.05, 4.69) is 22.4 Å². The predicted molar refractivity (Wildman–Crippen MR) is 99.5 cm³/mol. The van der Waals surface area contributed by atoms with Crippen LogP contribution in [-0.2, 0) is 11.2 Å². The molecule has 134 valence electrons. The summed E-state index contributed by atoms with van der Waals surface area (Å²) in [6, 6.07) is 13.5. The number of thioether (sulfide) groups is 1. The molecule has 0 fully saturated rings. The Kier molecular flexibility index (Phi) is 5.68. The van der Waals surface area contributed by atoms with E-state index in [0.29, 0.717) is 5.56 Å². The van der Waals surface area contributed by atoms with E-state index < -0.39 is 5.25 Å². The van der Waals surface area contributed by atoms with Gasteiger partial charge in [0, 0.05) is 11.3 Å². The van der Waals surface area contributed by atoms with Crippen LogP contribution in [0.4, 0.5) is 10.1 Å². The summed E-state index contributed by atoms with van der Waals surface area (Å²) in [7, 11) is 0. The fourth-order valence-corrected chi connectivity index (χ4v) is 2.92. The van der Waals surface area contributed by atoms with Crippen molar-refractivity contribution >= 4 is 23.4 Å². The maximum atomic E-state index is 13.0. The van der Waals surface area contributed by atoms with Crippen molar-refractivity contribution in [3.05, 3.63) is 59.9 Å². The van der Waals surface area contributed by atoms with Crippen LogP contribution < -0.4 is 5.32 Å². The van der Waals surface area contributed by atoms with Gasteiger partial charge in [0.25, 0.3) is 5.22 Å². The van der Waals surface area contributed by atoms with Gasteiger partial charge in [0.1, 0.15) is 5.82 Å².